The van der Waals surface area contributed by atoms with Crippen LogP contribution in [-0.2, 0) is 24.0 Å². The van der Waals surface area contributed by atoms with Crippen molar-refractivity contribution in [1.82, 2.24) is 15.5 Å². The lowest BCUT2D eigenvalue weighted by Crippen LogP contribution is -2.57. The van der Waals surface area contributed by atoms with E-state index in [0.717, 1.165) is 32.1 Å². The molecule has 2 fully saturated rings. The van der Waals surface area contributed by atoms with E-state index in [9.17, 15) is 28.8 Å². The van der Waals surface area contributed by atoms with E-state index in [1.165, 1.54) is 24.0 Å². The molecular formula is C26H33ClN4O7. The number of hydrogen-bond acceptors (Lipinski definition) is 6. The number of nitrogens with one attached hydrogen (secondary N) is 3. The molecule has 0 aromatic heterocycles. The van der Waals surface area contributed by atoms with Crippen LogP contribution in [0.2, 0.25) is 5.02 Å². The molecular weight excluding hydrogens is 516 g/mol. The van der Waals surface area contributed by atoms with Gasteiger partial charge in [0.25, 0.3) is 5.91 Å². The molecule has 2 aliphatic rings. The van der Waals surface area contributed by atoms with Crippen molar-refractivity contribution in [3.05, 3.63) is 28.8 Å². The number of likely N-dealkylation sites (tertiary alicyclic amines) is 1. The van der Waals surface area contributed by atoms with Crippen LogP contribution in [0.5, 0.6) is 0 Å². The van der Waals surface area contributed by atoms with Crippen molar-refractivity contribution in [2.75, 3.05) is 11.9 Å². The average molecular weight is 549 g/mol. The van der Waals surface area contributed by atoms with Gasteiger partial charge in [-0.1, -0.05) is 30.9 Å². The number of carboxylic acids is 1. The Bertz CT molecular complexity index is 1090. The van der Waals surface area contributed by atoms with Gasteiger partial charge in [-0.05, 0) is 49.8 Å². The van der Waals surface area contributed by atoms with E-state index in [0.29, 0.717) is 31.4 Å². The zero-order valence-corrected chi connectivity index (χ0v) is 22.0. The minimum Gasteiger partial charge on any atom is -0.481 e. The summed E-state index contributed by atoms with van der Waals surface area (Å²) in [7, 11) is 0. The van der Waals surface area contributed by atoms with Crippen LogP contribution in [0.15, 0.2) is 18.2 Å². The molecule has 12 heteroatoms. The van der Waals surface area contributed by atoms with Gasteiger partial charge in [-0.2, -0.15) is 0 Å². The molecule has 1 aliphatic carbocycles. The number of hydrogen-bond donors (Lipinski definition) is 4. The summed E-state index contributed by atoms with van der Waals surface area (Å²) in [5.41, 5.74) is 0.578. The molecule has 3 atom stereocenters. The smallest absolute Gasteiger partial charge is 0.305 e. The number of nitrogens with zero attached hydrogens (tertiary/aromatic N) is 1. The normalized spacial score (nSPS) is 19.2. The third kappa shape index (κ3) is 7.53. The summed E-state index contributed by atoms with van der Waals surface area (Å²) in [5, 5.41) is 16.9. The first-order valence-corrected chi connectivity index (χ1v) is 13.1. The van der Waals surface area contributed by atoms with Crippen LogP contribution in [0.4, 0.5) is 5.69 Å². The number of carbonyl (C=O) groups excluding carboxylic acids is 5. The van der Waals surface area contributed by atoms with E-state index < -0.39 is 48.2 Å². The van der Waals surface area contributed by atoms with Crippen molar-refractivity contribution in [1.29, 1.82) is 0 Å². The predicted molar refractivity (Wildman–Crippen MR) is 139 cm³/mol. The van der Waals surface area contributed by atoms with Gasteiger partial charge < -0.3 is 30.8 Å². The summed E-state index contributed by atoms with van der Waals surface area (Å²) < 4.78 is 0. The van der Waals surface area contributed by atoms with Crippen LogP contribution in [-0.4, -0.2) is 70.6 Å². The highest BCUT2D eigenvalue weighted by Gasteiger charge is 2.41. The van der Waals surface area contributed by atoms with Crippen LogP contribution >= 0.6 is 11.6 Å². The van der Waals surface area contributed by atoms with Crippen molar-refractivity contribution < 1.29 is 33.9 Å². The van der Waals surface area contributed by atoms with Gasteiger partial charge in [0.15, 0.2) is 0 Å². The maximum absolute atomic E-state index is 13.8. The van der Waals surface area contributed by atoms with Crippen molar-refractivity contribution in [3.8, 4) is 0 Å². The molecule has 0 spiro atoms. The van der Waals surface area contributed by atoms with E-state index in [1.54, 1.807) is 6.07 Å². The molecule has 4 amide bonds. The fourth-order valence-electron chi connectivity index (χ4n) is 5.13. The molecule has 1 aromatic rings. The molecule has 4 N–H and O–H groups in total. The summed E-state index contributed by atoms with van der Waals surface area (Å²) in [6.45, 7) is 1.65. The summed E-state index contributed by atoms with van der Waals surface area (Å²) >= 11 is 6.32. The van der Waals surface area contributed by atoms with Gasteiger partial charge >= 0.3 is 5.97 Å². The Hall–Kier alpha value is -3.47. The predicted octanol–water partition coefficient (Wildman–Crippen LogP) is 2.13. The molecule has 1 aromatic carbocycles. The first-order valence-electron chi connectivity index (χ1n) is 12.8. The lowest BCUT2D eigenvalue weighted by Gasteiger charge is -2.34. The molecule has 3 rings (SSSR count). The zero-order chi connectivity index (χ0) is 27.8. The number of halogens is 1. The molecule has 0 bridgehead atoms. The Labute approximate surface area is 225 Å². The van der Waals surface area contributed by atoms with Crippen molar-refractivity contribution in [3.63, 3.8) is 0 Å². The SMILES string of the molecule is CC(=O)Nc1ccc(C(=O)N[C@H](C(=O)N2CCC[C@H]2C(=O)N[C@H](C=O)CC(=O)O)C2CCCCC2)c(Cl)c1. The maximum Gasteiger partial charge on any atom is 0.305 e. The number of amides is 4. The molecule has 1 saturated carbocycles. The van der Waals surface area contributed by atoms with Crippen LogP contribution in [0, 0.1) is 5.92 Å². The van der Waals surface area contributed by atoms with Gasteiger partial charge in [-0.3, -0.25) is 24.0 Å². The lowest BCUT2D eigenvalue weighted by atomic mass is 9.83. The third-order valence-corrected chi connectivity index (χ3v) is 7.25. The highest BCUT2D eigenvalue weighted by atomic mass is 35.5. The third-order valence-electron chi connectivity index (χ3n) is 6.93. The summed E-state index contributed by atoms with van der Waals surface area (Å²) in [6, 6.07) is 1.51. The van der Waals surface area contributed by atoms with Crippen LogP contribution in [0.3, 0.4) is 0 Å². The molecule has 0 unspecified atom stereocenters. The van der Waals surface area contributed by atoms with E-state index in [1.807, 2.05) is 0 Å². The lowest BCUT2D eigenvalue weighted by molar-refractivity contribution is -0.142. The van der Waals surface area contributed by atoms with Gasteiger partial charge in [0.2, 0.25) is 17.7 Å². The van der Waals surface area contributed by atoms with Gasteiger partial charge in [0.1, 0.15) is 18.4 Å². The van der Waals surface area contributed by atoms with Crippen molar-refractivity contribution >= 4 is 53.2 Å². The minimum atomic E-state index is -1.23. The highest BCUT2D eigenvalue weighted by Crippen LogP contribution is 2.30. The number of aliphatic carboxylic acids is 1. The first-order chi connectivity index (χ1) is 18.1. The summed E-state index contributed by atoms with van der Waals surface area (Å²) in [4.78, 5) is 74.9. The van der Waals surface area contributed by atoms with E-state index in [2.05, 4.69) is 16.0 Å². The van der Waals surface area contributed by atoms with E-state index >= 15 is 0 Å². The number of anilines is 1. The van der Waals surface area contributed by atoms with Crippen molar-refractivity contribution in [2.24, 2.45) is 5.92 Å². The Balaban J connectivity index is 1.79. The molecule has 1 saturated heterocycles. The summed E-state index contributed by atoms with van der Waals surface area (Å²) in [6.07, 6.45) is 5.05. The molecule has 11 nitrogen and oxygen atoms in total. The van der Waals surface area contributed by atoms with Crippen LogP contribution < -0.4 is 16.0 Å². The van der Waals surface area contributed by atoms with Crippen LogP contribution in [0.1, 0.15) is 68.6 Å². The fourth-order valence-corrected chi connectivity index (χ4v) is 5.40. The second-order valence-corrected chi connectivity index (χ2v) is 10.2. The Morgan fingerprint density at radius 1 is 1.08 bits per heavy atom. The number of carboxylic acid groups (broad SMARTS) is 1. The number of aldehydes is 1. The standard InChI is InChI=1S/C26H33ClN4O7/c1-15(33)28-17-9-10-19(20(27)12-17)24(36)30-23(16-6-3-2-4-7-16)26(38)31-11-5-8-21(31)25(37)29-18(14-32)13-22(34)35/h9-10,12,14,16,18,21,23H,2-8,11,13H2,1H3,(H,28,33)(H,29,37)(H,30,36)(H,34,35)/t18-,21-,23-/m0/s1. The van der Waals surface area contributed by atoms with E-state index in [4.69, 9.17) is 16.7 Å². The monoisotopic (exact) mass is 548 g/mol. The topological polar surface area (TPSA) is 162 Å². The maximum atomic E-state index is 13.8. The molecule has 1 heterocycles. The first kappa shape index (κ1) is 29.1. The fraction of sp³-hybridized carbons (Fsp3) is 0.538. The molecule has 1 aliphatic heterocycles. The molecule has 0 radical (unpaired) electrons. The average Bonchev–Trinajstić information content (AvgIpc) is 3.36. The highest BCUT2D eigenvalue weighted by molar-refractivity contribution is 6.34. The largest absolute Gasteiger partial charge is 0.481 e. The number of benzene rings is 1. The van der Waals surface area contributed by atoms with Crippen molar-refractivity contribution in [2.45, 2.75) is 76.4 Å². The van der Waals surface area contributed by atoms with E-state index in [-0.39, 0.29) is 22.4 Å². The second kappa shape index (κ2) is 13.4. The minimum absolute atomic E-state index is 0.111. The second-order valence-electron chi connectivity index (χ2n) is 9.76. The number of rotatable bonds is 10. The van der Waals surface area contributed by atoms with Crippen LogP contribution in [0.25, 0.3) is 0 Å². The van der Waals surface area contributed by atoms with Gasteiger partial charge in [0.05, 0.1) is 23.0 Å². The molecule has 206 valence electrons. The molecule has 38 heavy (non-hydrogen) atoms. The van der Waals surface area contributed by atoms with Gasteiger partial charge in [0, 0.05) is 19.2 Å². The Morgan fingerprint density at radius 2 is 1.79 bits per heavy atom. The number of carbonyl (C=O) groups is 6. The Kier molecular flexibility index (Phi) is 10.2. The van der Waals surface area contributed by atoms with Gasteiger partial charge in [-0.25, -0.2) is 0 Å². The Morgan fingerprint density at radius 3 is 2.39 bits per heavy atom. The zero-order valence-electron chi connectivity index (χ0n) is 21.2. The quantitative estimate of drug-likeness (QED) is 0.325. The van der Waals surface area contributed by atoms with Gasteiger partial charge in [-0.15, -0.1) is 0 Å². The summed E-state index contributed by atoms with van der Waals surface area (Å²) in [5.74, 6) is -3.18.